The molecule has 1 aliphatic carbocycles. The van der Waals surface area contributed by atoms with Crippen molar-refractivity contribution in [1.29, 1.82) is 0 Å². The van der Waals surface area contributed by atoms with Gasteiger partial charge in [0.05, 0.1) is 17.9 Å². The average molecular weight is 283 g/mol. The summed E-state index contributed by atoms with van der Waals surface area (Å²) in [5.74, 6) is 0. The van der Waals surface area contributed by atoms with Gasteiger partial charge in [0.25, 0.3) is 0 Å². The third-order valence-corrected chi connectivity index (χ3v) is 4.56. The molecule has 0 bridgehead atoms. The van der Waals surface area contributed by atoms with E-state index >= 15 is 0 Å². The summed E-state index contributed by atoms with van der Waals surface area (Å²) in [6.07, 6.45) is 4.79. The molecule has 3 aromatic rings. The summed E-state index contributed by atoms with van der Waals surface area (Å²) >= 11 is 1.73. The zero-order valence-electron chi connectivity index (χ0n) is 11.4. The molecule has 1 unspecified atom stereocenters. The molecule has 1 aliphatic rings. The second-order valence-corrected chi connectivity index (χ2v) is 6.27. The molecule has 0 aliphatic heterocycles. The fraction of sp³-hybridized carbons (Fsp3) is 0.312. The topological polar surface area (TPSA) is 29.9 Å². The van der Waals surface area contributed by atoms with Crippen molar-refractivity contribution in [3.8, 4) is 11.1 Å². The molecule has 2 aromatic heterocycles. The monoisotopic (exact) mass is 283 g/mol. The predicted molar refractivity (Wildman–Crippen MR) is 83.9 cm³/mol. The van der Waals surface area contributed by atoms with Gasteiger partial charge in [0.2, 0.25) is 0 Å². The molecule has 2 heterocycles. The van der Waals surface area contributed by atoms with Gasteiger partial charge in [-0.3, -0.25) is 5.32 Å². The SMILES string of the molecule is CC(NC1CC1)n1ncc2ccc(-c3ccsc3)cc21. The Balaban J connectivity index is 1.75. The van der Waals surface area contributed by atoms with Crippen molar-refractivity contribution in [3.63, 3.8) is 0 Å². The van der Waals surface area contributed by atoms with E-state index in [-0.39, 0.29) is 6.17 Å². The van der Waals surface area contributed by atoms with E-state index in [1.54, 1.807) is 11.3 Å². The largest absolute Gasteiger partial charge is 0.293 e. The van der Waals surface area contributed by atoms with Gasteiger partial charge in [-0.2, -0.15) is 16.4 Å². The highest BCUT2D eigenvalue weighted by Gasteiger charge is 2.24. The first-order valence-corrected chi connectivity index (χ1v) is 8.01. The molecular formula is C16H17N3S. The number of nitrogens with one attached hydrogen (secondary N) is 1. The normalized spacial score (nSPS) is 16.6. The van der Waals surface area contributed by atoms with Crippen LogP contribution >= 0.6 is 11.3 Å². The maximum absolute atomic E-state index is 4.56. The number of hydrogen-bond acceptors (Lipinski definition) is 3. The van der Waals surface area contributed by atoms with Gasteiger partial charge in [-0.05, 0) is 53.8 Å². The fourth-order valence-electron chi connectivity index (χ4n) is 2.62. The number of aromatic nitrogens is 2. The average Bonchev–Trinajstić information content (AvgIpc) is 2.96. The fourth-order valence-corrected chi connectivity index (χ4v) is 3.28. The van der Waals surface area contributed by atoms with E-state index in [0.717, 1.165) is 0 Å². The van der Waals surface area contributed by atoms with Crippen LogP contribution in [-0.2, 0) is 0 Å². The van der Waals surface area contributed by atoms with Crippen LogP contribution in [0.15, 0.2) is 41.2 Å². The third kappa shape index (κ3) is 2.15. The first-order valence-electron chi connectivity index (χ1n) is 7.07. The molecule has 20 heavy (non-hydrogen) atoms. The number of nitrogens with zero attached hydrogens (tertiary/aromatic N) is 2. The summed E-state index contributed by atoms with van der Waals surface area (Å²) in [4.78, 5) is 0. The van der Waals surface area contributed by atoms with E-state index in [4.69, 9.17) is 0 Å². The van der Waals surface area contributed by atoms with Crippen LogP contribution in [-0.4, -0.2) is 15.8 Å². The van der Waals surface area contributed by atoms with Crippen LogP contribution in [0.3, 0.4) is 0 Å². The minimum atomic E-state index is 0.248. The molecule has 0 saturated heterocycles. The van der Waals surface area contributed by atoms with Gasteiger partial charge >= 0.3 is 0 Å². The molecule has 102 valence electrons. The molecule has 4 heteroatoms. The number of rotatable bonds is 4. The van der Waals surface area contributed by atoms with Crippen molar-refractivity contribution in [2.45, 2.75) is 32.0 Å². The number of benzene rings is 1. The van der Waals surface area contributed by atoms with E-state index in [9.17, 15) is 0 Å². The van der Waals surface area contributed by atoms with Crippen molar-refractivity contribution in [2.75, 3.05) is 0 Å². The van der Waals surface area contributed by atoms with Gasteiger partial charge < -0.3 is 0 Å². The molecule has 0 radical (unpaired) electrons. The Morgan fingerprint density at radius 1 is 1.30 bits per heavy atom. The van der Waals surface area contributed by atoms with Crippen LogP contribution in [0.1, 0.15) is 25.9 Å². The maximum atomic E-state index is 4.56. The van der Waals surface area contributed by atoms with Crippen molar-refractivity contribution in [2.24, 2.45) is 0 Å². The summed E-state index contributed by atoms with van der Waals surface area (Å²) in [6, 6.07) is 9.43. The Hall–Kier alpha value is -1.65. The van der Waals surface area contributed by atoms with Gasteiger partial charge in [0.15, 0.2) is 0 Å². The van der Waals surface area contributed by atoms with Crippen molar-refractivity contribution in [3.05, 3.63) is 41.2 Å². The van der Waals surface area contributed by atoms with Gasteiger partial charge in [-0.15, -0.1) is 0 Å². The van der Waals surface area contributed by atoms with Crippen LogP contribution in [0.2, 0.25) is 0 Å². The maximum Gasteiger partial charge on any atom is 0.0994 e. The molecule has 4 rings (SSSR count). The van der Waals surface area contributed by atoms with Crippen LogP contribution in [0, 0.1) is 0 Å². The summed E-state index contributed by atoms with van der Waals surface area (Å²) in [7, 11) is 0. The number of hydrogen-bond donors (Lipinski definition) is 1. The van der Waals surface area contributed by atoms with Crippen molar-refractivity contribution in [1.82, 2.24) is 15.1 Å². The van der Waals surface area contributed by atoms with Crippen molar-refractivity contribution >= 4 is 22.2 Å². The molecule has 1 atom stereocenters. The Morgan fingerprint density at radius 2 is 2.20 bits per heavy atom. The zero-order chi connectivity index (χ0) is 13.5. The summed E-state index contributed by atoms with van der Waals surface area (Å²) in [6.45, 7) is 2.18. The minimum Gasteiger partial charge on any atom is -0.293 e. The second kappa shape index (κ2) is 4.72. The highest BCUT2D eigenvalue weighted by Crippen LogP contribution is 2.28. The summed E-state index contributed by atoms with van der Waals surface area (Å²) < 4.78 is 2.10. The number of thiophene rings is 1. The lowest BCUT2D eigenvalue weighted by molar-refractivity contribution is 0.409. The quantitative estimate of drug-likeness (QED) is 0.783. The van der Waals surface area contributed by atoms with Crippen LogP contribution < -0.4 is 5.32 Å². The lowest BCUT2D eigenvalue weighted by Gasteiger charge is -2.15. The smallest absolute Gasteiger partial charge is 0.0994 e. The second-order valence-electron chi connectivity index (χ2n) is 5.49. The zero-order valence-corrected chi connectivity index (χ0v) is 12.2. The summed E-state index contributed by atoms with van der Waals surface area (Å²) in [5, 5.41) is 13.7. The lowest BCUT2D eigenvalue weighted by atomic mass is 10.1. The predicted octanol–water partition coefficient (Wildman–Crippen LogP) is 4.04. The molecule has 1 aromatic carbocycles. The van der Waals surface area contributed by atoms with Crippen LogP contribution in [0.4, 0.5) is 0 Å². The Kier molecular flexibility index (Phi) is 2.86. The Morgan fingerprint density at radius 3 is 2.95 bits per heavy atom. The number of fused-ring (bicyclic) bond motifs is 1. The van der Waals surface area contributed by atoms with E-state index in [1.807, 2.05) is 6.20 Å². The first-order chi connectivity index (χ1) is 9.81. The highest BCUT2D eigenvalue weighted by molar-refractivity contribution is 7.08. The van der Waals surface area contributed by atoms with E-state index in [2.05, 4.69) is 57.0 Å². The van der Waals surface area contributed by atoms with Gasteiger partial charge in [-0.1, -0.05) is 12.1 Å². The highest BCUT2D eigenvalue weighted by atomic mass is 32.1. The Labute approximate surface area is 122 Å². The standard InChI is InChI=1S/C16H17N3S/c1-11(18-15-4-5-15)19-16-8-12(14-6-7-20-10-14)2-3-13(16)9-17-19/h2-3,6-11,15,18H,4-5H2,1H3. The van der Waals surface area contributed by atoms with E-state index < -0.39 is 0 Å². The minimum absolute atomic E-state index is 0.248. The molecule has 3 nitrogen and oxygen atoms in total. The van der Waals surface area contributed by atoms with Gasteiger partial charge in [0, 0.05) is 11.4 Å². The molecule has 0 spiro atoms. The molecule has 0 amide bonds. The lowest BCUT2D eigenvalue weighted by Crippen LogP contribution is -2.26. The van der Waals surface area contributed by atoms with Gasteiger partial charge in [0.1, 0.15) is 0 Å². The first kappa shape index (κ1) is 12.1. The van der Waals surface area contributed by atoms with E-state index in [1.165, 1.54) is 34.9 Å². The van der Waals surface area contributed by atoms with Crippen molar-refractivity contribution < 1.29 is 0 Å². The van der Waals surface area contributed by atoms with Gasteiger partial charge in [-0.25, -0.2) is 4.68 Å². The van der Waals surface area contributed by atoms with Crippen LogP contribution in [0.5, 0.6) is 0 Å². The third-order valence-electron chi connectivity index (χ3n) is 3.87. The molecular weight excluding hydrogens is 266 g/mol. The van der Waals surface area contributed by atoms with E-state index in [0.29, 0.717) is 6.04 Å². The molecule has 1 N–H and O–H groups in total. The molecule has 1 fully saturated rings. The van der Waals surface area contributed by atoms with Crippen LogP contribution in [0.25, 0.3) is 22.0 Å². The summed E-state index contributed by atoms with van der Waals surface area (Å²) in [5.41, 5.74) is 3.75. The molecule has 1 saturated carbocycles. The Bertz CT molecular complexity index is 725.